The first-order valence-corrected chi connectivity index (χ1v) is 11.3. The second-order valence-corrected chi connectivity index (χ2v) is 8.80. The summed E-state index contributed by atoms with van der Waals surface area (Å²) in [7, 11) is 0. The monoisotopic (exact) mass is 490 g/mol. The van der Waals surface area contributed by atoms with Crippen LogP contribution in [0.25, 0.3) is 16.6 Å². The van der Waals surface area contributed by atoms with Gasteiger partial charge in [0.1, 0.15) is 5.82 Å². The van der Waals surface area contributed by atoms with Crippen LogP contribution in [-0.2, 0) is 4.79 Å². The van der Waals surface area contributed by atoms with Crippen LogP contribution in [0.4, 0.5) is 15.8 Å². The summed E-state index contributed by atoms with van der Waals surface area (Å²) in [6, 6.07) is 15.6. The lowest BCUT2D eigenvalue weighted by Gasteiger charge is -2.13. The summed E-state index contributed by atoms with van der Waals surface area (Å²) < 4.78 is 15.4. The topological polar surface area (TPSA) is 96.0 Å². The van der Waals surface area contributed by atoms with Crippen molar-refractivity contribution in [2.24, 2.45) is 5.92 Å². The van der Waals surface area contributed by atoms with E-state index < -0.39 is 17.3 Å². The Morgan fingerprint density at radius 2 is 1.77 bits per heavy atom. The summed E-state index contributed by atoms with van der Waals surface area (Å²) in [5, 5.41) is 5.91. The van der Waals surface area contributed by atoms with Crippen LogP contribution in [0.2, 0.25) is 0 Å². The van der Waals surface area contributed by atoms with E-state index in [9.17, 15) is 18.8 Å². The van der Waals surface area contributed by atoms with E-state index in [1.165, 1.54) is 36.4 Å². The van der Waals surface area contributed by atoms with E-state index in [1.807, 2.05) is 6.92 Å². The van der Waals surface area contributed by atoms with Gasteiger partial charge in [-0.1, -0.05) is 32.0 Å². The molecular formula is C26H23FN4O3S. The van der Waals surface area contributed by atoms with Crippen LogP contribution in [0.1, 0.15) is 29.8 Å². The first-order chi connectivity index (χ1) is 16.7. The van der Waals surface area contributed by atoms with Gasteiger partial charge in [0, 0.05) is 22.9 Å². The van der Waals surface area contributed by atoms with Crippen LogP contribution in [0.5, 0.6) is 0 Å². The molecule has 4 aromatic rings. The van der Waals surface area contributed by atoms with E-state index in [1.54, 1.807) is 38.1 Å². The molecule has 3 aromatic carbocycles. The Hall–Kier alpha value is -4.11. The first kappa shape index (κ1) is 24.0. The Bertz CT molecular complexity index is 1590. The number of para-hydroxylation sites is 1. The number of anilines is 2. The zero-order chi connectivity index (χ0) is 25.3. The lowest BCUT2D eigenvalue weighted by Crippen LogP contribution is -2.22. The first-order valence-electron chi connectivity index (χ1n) is 10.9. The number of hydrogen-bond acceptors (Lipinski definition) is 4. The predicted octanol–water partition coefficient (Wildman–Crippen LogP) is 5.34. The number of fused-ring (bicyclic) bond motifs is 1. The number of aryl methyl sites for hydroxylation is 1. The molecule has 4 rings (SSSR count). The molecule has 178 valence electrons. The number of amides is 2. The molecule has 1 aromatic heterocycles. The minimum Gasteiger partial charge on any atom is -0.331 e. The third kappa shape index (κ3) is 4.90. The third-order valence-electron chi connectivity index (χ3n) is 5.53. The maximum atomic E-state index is 14.3. The number of aromatic amines is 1. The average molecular weight is 491 g/mol. The van der Waals surface area contributed by atoms with E-state index in [0.29, 0.717) is 22.5 Å². The highest BCUT2D eigenvalue weighted by atomic mass is 32.1. The van der Waals surface area contributed by atoms with Gasteiger partial charge in [0.15, 0.2) is 4.77 Å². The average Bonchev–Trinajstić information content (AvgIpc) is 2.81. The lowest BCUT2D eigenvalue weighted by atomic mass is 10.1. The molecule has 0 aliphatic heterocycles. The van der Waals surface area contributed by atoms with Crippen molar-refractivity contribution < 1.29 is 14.0 Å². The van der Waals surface area contributed by atoms with E-state index >= 15 is 0 Å². The van der Waals surface area contributed by atoms with E-state index in [4.69, 9.17) is 12.2 Å². The van der Waals surface area contributed by atoms with Crippen molar-refractivity contribution in [3.8, 4) is 5.69 Å². The smallest absolute Gasteiger partial charge is 0.266 e. The van der Waals surface area contributed by atoms with Gasteiger partial charge < -0.3 is 15.6 Å². The Labute approximate surface area is 205 Å². The maximum absolute atomic E-state index is 14.3. The molecule has 0 spiro atoms. The summed E-state index contributed by atoms with van der Waals surface area (Å²) in [5.74, 6) is -1.29. The van der Waals surface area contributed by atoms with Crippen LogP contribution in [0, 0.1) is 23.4 Å². The van der Waals surface area contributed by atoms with Crippen molar-refractivity contribution in [2.45, 2.75) is 20.8 Å². The van der Waals surface area contributed by atoms with E-state index in [-0.39, 0.29) is 27.7 Å². The Morgan fingerprint density at radius 3 is 2.49 bits per heavy atom. The van der Waals surface area contributed by atoms with Crippen molar-refractivity contribution in [3.05, 3.63) is 92.7 Å². The molecule has 0 saturated carbocycles. The number of carbonyl (C=O) groups is 2. The SMILES string of the molecule is Cc1ccc(NC(=O)C(C)C)cc1NC(=O)c1ccc2c(=O)n(-c3ccccc3F)c(=S)[nH]c2c1. The highest BCUT2D eigenvalue weighted by Gasteiger charge is 2.15. The second kappa shape index (κ2) is 9.63. The summed E-state index contributed by atoms with van der Waals surface area (Å²) >= 11 is 5.31. The van der Waals surface area contributed by atoms with Crippen LogP contribution < -0.4 is 16.2 Å². The van der Waals surface area contributed by atoms with Gasteiger partial charge in [-0.05, 0) is 67.2 Å². The van der Waals surface area contributed by atoms with Crippen LogP contribution >= 0.6 is 12.2 Å². The molecule has 35 heavy (non-hydrogen) atoms. The summed E-state index contributed by atoms with van der Waals surface area (Å²) in [5.41, 5.74) is 2.12. The number of benzene rings is 3. The highest BCUT2D eigenvalue weighted by molar-refractivity contribution is 7.71. The largest absolute Gasteiger partial charge is 0.331 e. The molecule has 1 heterocycles. The van der Waals surface area contributed by atoms with Crippen molar-refractivity contribution in [2.75, 3.05) is 10.6 Å². The molecule has 0 fully saturated rings. The molecule has 3 N–H and O–H groups in total. The predicted molar refractivity (Wildman–Crippen MR) is 137 cm³/mol. The van der Waals surface area contributed by atoms with Gasteiger partial charge in [-0.15, -0.1) is 0 Å². The van der Waals surface area contributed by atoms with Crippen LogP contribution in [0.3, 0.4) is 0 Å². The van der Waals surface area contributed by atoms with Gasteiger partial charge in [-0.2, -0.15) is 0 Å². The molecule has 7 nitrogen and oxygen atoms in total. The molecule has 0 aliphatic carbocycles. The minimum absolute atomic E-state index is 0.00889. The highest BCUT2D eigenvalue weighted by Crippen LogP contribution is 2.22. The molecule has 0 bridgehead atoms. The zero-order valence-corrected chi connectivity index (χ0v) is 20.1. The lowest BCUT2D eigenvalue weighted by molar-refractivity contribution is -0.118. The summed E-state index contributed by atoms with van der Waals surface area (Å²) in [6.45, 7) is 5.43. The molecule has 9 heteroatoms. The quantitative estimate of drug-likeness (QED) is 0.329. The standard InChI is InChI=1S/C26H23FN4O3S/c1-14(2)23(32)28-17-10-8-15(3)20(13-17)29-24(33)16-9-11-18-21(12-16)30-26(35)31(25(18)34)22-7-5-4-6-19(22)27/h4-14H,1-3H3,(H,28,32)(H,29,33)(H,30,35). The molecule has 0 aliphatic rings. The molecule has 0 saturated heterocycles. The zero-order valence-electron chi connectivity index (χ0n) is 19.3. The number of H-pyrrole nitrogens is 1. The van der Waals surface area contributed by atoms with Crippen molar-refractivity contribution >= 4 is 46.3 Å². The van der Waals surface area contributed by atoms with Crippen molar-refractivity contribution in [3.63, 3.8) is 0 Å². The summed E-state index contributed by atoms with van der Waals surface area (Å²) in [4.78, 5) is 41.0. The van der Waals surface area contributed by atoms with Crippen molar-refractivity contribution in [1.29, 1.82) is 0 Å². The normalized spacial score (nSPS) is 11.0. The maximum Gasteiger partial charge on any atom is 0.266 e. The van der Waals surface area contributed by atoms with E-state index in [2.05, 4.69) is 15.6 Å². The number of nitrogens with one attached hydrogen (secondary N) is 3. The number of aromatic nitrogens is 2. The fourth-order valence-corrected chi connectivity index (χ4v) is 3.82. The van der Waals surface area contributed by atoms with Gasteiger partial charge in [-0.3, -0.25) is 14.4 Å². The van der Waals surface area contributed by atoms with E-state index in [0.717, 1.165) is 10.1 Å². The minimum atomic E-state index is -0.577. The number of halogens is 1. The molecular weight excluding hydrogens is 467 g/mol. The Morgan fingerprint density at radius 1 is 1.03 bits per heavy atom. The number of carbonyl (C=O) groups excluding carboxylic acids is 2. The molecule has 0 radical (unpaired) electrons. The molecule has 0 unspecified atom stereocenters. The number of hydrogen-bond donors (Lipinski definition) is 3. The Balaban J connectivity index is 1.66. The van der Waals surface area contributed by atoms with Gasteiger partial charge in [0.25, 0.3) is 11.5 Å². The molecule has 2 amide bonds. The fourth-order valence-electron chi connectivity index (χ4n) is 3.53. The van der Waals surface area contributed by atoms with Gasteiger partial charge in [0.05, 0.1) is 16.6 Å². The molecule has 0 atom stereocenters. The Kier molecular flexibility index (Phi) is 6.61. The van der Waals surface area contributed by atoms with Crippen LogP contribution in [-0.4, -0.2) is 21.4 Å². The summed E-state index contributed by atoms with van der Waals surface area (Å²) in [6.07, 6.45) is 0. The van der Waals surface area contributed by atoms with Gasteiger partial charge in [-0.25, -0.2) is 8.96 Å². The third-order valence-corrected chi connectivity index (χ3v) is 5.82. The second-order valence-electron chi connectivity index (χ2n) is 8.41. The fraction of sp³-hybridized carbons (Fsp3) is 0.154. The number of nitrogens with zero attached hydrogens (tertiary/aromatic N) is 1. The van der Waals surface area contributed by atoms with Crippen LogP contribution in [0.15, 0.2) is 65.5 Å². The van der Waals surface area contributed by atoms with Gasteiger partial charge >= 0.3 is 0 Å². The van der Waals surface area contributed by atoms with Crippen molar-refractivity contribution in [1.82, 2.24) is 9.55 Å². The van der Waals surface area contributed by atoms with Gasteiger partial charge in [0.2, 0.25) is 5.91 Å². The number of rotatable bonds is 5.